The molecule has 5 heteroatoms. The minimum absolute atomic E-state index is 0.0115. The highest BCUT2D eigenvalue weighted by Gasteiger charge is 2.22. The first-order valence-electron chi connectivity index (χ1n) is 30.2. The Morgan fingerprint density at radius 1 is 0.273 bits per heavy atom. The van der Waals surface area contributed by atoms with E-state index in [2.05, 4.69) is 39.0 Å². The molecular formula is C61H119NO3S. The van der Waals surface area contributed by atoms with E-state index >= 15 is 0 Å². The molecule has 4 nitrogen and oxygen atoms in total. The normalized spacial score (nSPS) is 12.6. The van der Waals surface area contributed by atoms with Crippen LogP contribution in [0.3, 0.4) is 0 Å². The molecule has 0 aliphatic heterocycles. The average Bonchev–Trinajstić information content (AvgIpc) is 3.30. The van der Waals surface area contributed by atoms with E-state index in [0.717, 1.165) is 38.5 Å². The number of unbranched alkanes of at least 4 members (excludes halogenated alkanes) is 48. The van der Waals surface area contributed by atoms with Gasteiger partial charge in [-0.25, -0.2) is 12.9 Å². The quantitative estimate of drug-likeness (QED) is 0.0347. The van der Waals surface area contributed by atoms with E-state index in [1.165, 1.54) is 289 Å². The molecule has 0 aromatic rings. The van der Waals surface area contributed by atoms with Crippen molar-refractivity contribution < 1.29 is 17.5 Å². The highest BCUT2D eigenvalue weighted by Crippen LogP contribution is 2.21. The third-order valence-corrected chi connectivity index (χ3v) is 15.0. The highest BCUT2D eigenvalue weighted by molar-refractivity contribution is 7.85. The van der Waals surface area contributed by atoms with Crippen LogP contribution in [0.25, 0.3) is 0 Å². The maximum absolute atomic E-state index is 12.3. The highest BCUT2D eigenvalue weighted by atomic mass is 32.2. The zero-order valence-electron chi connectivity index (χ0n) is 45.3. The molecule has 0 amide bonds. The Kier molecular flexibility index (Phi) is 52.7. The van der Waals surface area contributed by atoms with Gasteiger partial charge in [0.15, 0.2) is 5.88 Å². The molecule has 0 heterocycles. The molecule has 0 atom stereocenters. The van der Waals surface area contributed by atoms with Crippen molar-refractivity contribution in [1.82, 2.24) is 0 Å². The molecule has 0 spiro atoms. The van der Waals surface area contributed by atoms with Crippen molar-refractivity contribution in [3.8, 4) is 0 Å². The summed E-state index contributed by atoms with van der Waals surface area (Å²) in [6.45, 7) is 6.87. The van der Waals surface area contributed by atoms with E-state index in [4.69, 9.17) is 0 Å². The van der Waals surface area contributed by atoms with Crippen LogP contribution in [0, 0.1) is 0 Å². The van der Waals surface area contributed by atoms with Crippen LogP contribution in [0.4, 0.5) is 0 Å². The molecule has 0 bridgehead atoms. The van der Waals surface area contributed by atoms with Gasteiger partial charge < -0.3 is 4.55 Å². The maximum Gasteiger partial charge on any atom is 0.181 e. The fraction of sp³-hybridized carbons (Fsp3) is 0.902. The molecule has 0 unspecified atom stereocenters. The summed E-state index contributed by atoms with van der Waals surface area (Å²) in [4.78, 5) is 0. The van der Waals surface area contributed by atoms with Gasteiger partial charge in [0.05, 0.1) is 0 Å². The van der Waals surface area contributed by atoms with Crippen molar-refractivity contribution in [2.75, 3.05) is 5.88 Å². The summed E-state index contributed by atoms with van der Waals surface area (Å²) in [5.74, 6) is -0.451. The van der Waals surface area contributed by atoms with Gasteiger partial charge >= 0.3 is 0 Å². The summed E-state index contributed by atoms with van der Waals surface area (Å²) in [6, 6.07) is 0. The molecule has 0 rings (SSSR count). The first-order chi connectivity index (χ1) is 32.4. The Balaban J connectivity index is 4.71. The molecule has 0 fully saturated rings. The average molecular weight is 947 g/mol. The number of nitrogens with zero attached hydrogens (tertiary/aromatic N) is 1. The Morgan fingerprint density at radius 2 is 0.424 bits per heavy atom. The van der Waals surface area contributed by atoms with Gasteiger partial charge in [-0.3, -0.25) is 0 Å². The summed E-state index contributed by atoms with van der Waals surface area (Å²) in [5, 5.41) is 0. The topological polar surface area (TPSA) is 57.2 Å². The van der Waals surface area contributed by atoms with Crippen molar-refractivity contribution in [2.24, 2.45) is 0 Å². The Bertz CT molecular complexity index is 1020. The van der Waals surface area contributed by atoms with Crippen LogP contribution in [0.2, 0.25) is 0 Å². The van der Waals surface area contributed by atoms with Crippen LogP contribution in [0.1, 0.15) is 348 Å². The number of hydrogen-bond donors (Lipinski definition) is 0. The van der Waals surface area contributed by atoms with E-state index in [1.807, 2.05) is 18.6 Å². The van der Waals surface area contributed by atoms with E-state index in [1.54, 1.807) is 0 Å². The van der Waals surface area contributed by atoms with E-state index in [-0.39, 0.29) is 4.48 Å². The Labute approximate surface area is 416 Å². The van der Waals surface area contributed by atoms with Gasteiger partial charge in [0.2, 0.25) is 0 Å². The standard InChI is InChI=1S/C61H119NO3S/c1-4-7-10-13-16-19-22-25-28-31-34-37-40-43-46-49-52-55-58-62(61-66(63,64)65,59-56-53-50-47-44-41-38-35-32-29-26-23-20-17-14-11-8-5-2)60-57-54-51-48-45-42-39-36-33-30-27-24-21-18-15-12-9-6-3/h55-60H,4-54,61H2,1-3H3/b58-55+,59-56+,60-57+. The van der Waals surface area contributed by atoms with Gasteiger partial charge in [-0.15, -0.1) is 0 Å². The van der Waals surface area contributed by atoms with Gasteiger partial charge in [-0.1, -0.05) is 310 Å². The molecule has 0 aromatic heterocycles. The molecule has 0 saturated carbocycles. The summed E-state index contributed by atoms with van der Waals surface area (Å²) in [7, 11) is -4.44. The number of quaternary nitrogens is 1. The second kappa shape index (κ2) is 53.4. The summed E-state index contributed by atoms with van der Waals surface area (Å²) in [6.07, 6.45) is 80.4. The van der Waals surface area contributed by atoms with E-state index in [9.17, 15) is 13.0 Å². The zero-order valence-corrected chi connectivity index (χ0v) is 46.1. The predicted molar refractivity (Wildman–Crippen MR) is 295 cm³/mol. The van der Waals surface area contributed by atoms with Gasteiger partial charge in [0, 0.05) is 0 Å². The number of rotatable bonds is 56. The molecule has 0 N–H and O–H groups in total. The maximum atomic E-state index is 12.3. The first-order valence-corrected chi connectivity index (χ1v) is 31.8. The largest absolute Gasteiger partial charge is 0.744 e. The van der Waals surface area contributed by atoms with Gasteiger partial charge in [0.1, 0.15) is 28.7 Å². The lowest BCUT2D eigenvalue weighted by molar-refractivity contribution is -0.760. The van der Waals surface area contributed by atoms with Crippen molar-refractivity contribution in [3.05, 3.63) is 36.8 Å². The second-order valence-corrected chi connectivity index (χ2v) is 22.5. The van der Waals surface area contributed by atoms with Crippen molar-refractivity contribution >= 4 is 10.1 Å². The first kappa shape index (κ1) is 65.1. The van der Waals surface area contributed by atoms with Crippen molar-refractivity contribution in [2.45, 2.75) is 348 Å². The van der Waals surface area contributed by atoms with Crippen LogP contribution in [0.15, 0.2) is 36.8 Å². The van der Waals surface area contributed by atoms with Gasteiger partial charge in [-0.2, -0.15) is 0 Å². The minimum Gasteiger partial charge on any atom is -0.744 e. The Morgan fingerprint density at radius 3 is 0.576 bits per heavy atom. The summed E-state index contributed by atoms with van der Waals surface area (Å²) in [5.41, 5.74) is 0. The molecule has 66 heavy (non-hydrogen) atoms. The molecule has 0 aliphatic carbocycles. The predicted octanol–water partition coefficient (Wildman–Crippen LogP) is 21.8. The van der Waals surface area contributed by atoms with Gasteiger partial charge in [-0.05, 0) is 56.8 Å². The van der Waals surface area contributed by atoms with E-state index < -0.39 is 16.0 Å². The fourth-order valence-electron chi connectivity index (χ4n) is 9.80. The molecule has 392 valence electrons. The molecule has 0 radical (unpaired) electrons. The Hall–Kier alpha value is -0.910. The molecule has 0 aromatic carbocycles. The number of hydrogen-bond acceptors (Lipinski definition) is 3. The molecule has 0 aliphatic rings. The lowest BCUT2D eigenvalue weighted by Crippen LogP contribution is -2.36. The van der Waals surface area contributed by atoms with Crippen LogP contribution >= 0.6 is 0 Å². The third kappa shape index (κ3) is 52.5. The van der Waals surface area contributed by atoms with Crippen molar-refractivity contribution in [3.63, 3.8) is 0 Å². The van der Waals surface area contributed by atoms with Crippen LogP contribution < -0.4 is 0 Å². The molecule has 0 saturated heterocycles. The third-order valence-electron chi connectivity index (χ3n) is 14.2. The number of allylic oxidation sites excluding steroid dienone is 3. The SMILES string of the molecule is CCCCCCCCCCCCCCCCCC/C=C/[N+](/C=C/CCCCCCCCCCCCCCCCCC)(/C=C/CCCCCCCCCCCCCCCCCC)CS(=O)(=O)[O-]. The summed E-state index contributed by atoms with van der Waals surface area (Å²) >= 11 is 0. The van der Waals surface area contributed by atoms with Crippen LogP contribution in [-0.4, -0.2) is 23.3 Å². The van der Waals surface area contributed by atoms with E-state index in [0.29, 0.717) is 0 Å². The molecular weight excluding hydrogens is 827 g/mol. The second-order valence-electron chi connectivity index (χ2n) is 21.1. The summed E-state index contributed by atoms with van der Waals surface area (Å²) < 4.78 is 37.0. The van der Waals surface area contributed by atoms with Crippen LogP contribution in [0.5, 0.6) is 0 Å². The zero-order chi connectivity index (χ0) is 48.0. The van der Waals surface area contributed by atoms with Crippen LogP contribution in [-0.2, 0) is 10.1 Å². The lowest BCUT2D eigenvalue weighted by atomic mass is 10.0. The monoisotopic (exact) mass is 946 g/mol. The minimum atomic E-state index is -4.44. The fourth-order valence-corrected chi connectivity index (χ4v) is 10.6. The smallest absolute Gasteiger partial charge is 0.181 e. The van der Waals surface area contributed by atoms with Gasteiger partial charge in [0.25, 0.3) is 0 Å². The van der Waals surface area contributed by atoms with Crippen molar-refractivity contribution in [1.29, 1.82) is 0 Å². The lowest BCUT2D eigenvalue weighted by Gasteiger charge is -2.28.